The molecule has 0 aliphatic heterocycles. The standard InChI is InChI=1S/C23H22ClN3O5S/c1-3-21(33(31,32)16-7-5-4-6-8-16)23(30)26-18-12-20(28)19(11-17(18)24)27-22(29)15-10-9-14(2)25-13-15/h4-13,21,28H,3H2,1-2H3,(H,26,30)(H,27,29). The lowest BCUT2D eigenvalue weighted by Gasteiger charge is -2.17. The molecule has 0 aliphatic rings. The number of sulfone groups is 1. The number of hydrogen-bond donors (Lipinski definition) is 3. The number of aryl methyl sites for hydroxylation is 1. The highest BCUT2D eigenvalue weighted by molar-refractivity contribution is 7.92. The minimum absolute atomic E-state index is 0.00504. The summed E-state index contributed by atoms with van der Waals surface area (Å²) in [6, 6.07) is 13.3. The van der Waals surface area contributed by atoms with Crippen LogP contribution in [-0.4, -0.2) is 35.6 Å². The summed E-state index contributed by atoms with van der Waals surface area (Å²) in [5, 5.41) is 14.0. The molecule has 2 aromatic carbocycles. The Balaban J connectivity index is 1.80. The zero-order valence-electron chi connectivity index (χ0n) is 17.9. The van der Waals surface area contributed by atoms with Crippen LogP contribution in [0, 0.1) is 6.92 Å². The number of carbonyl (C=O) groups excluding carboxylic acids is 2. The van der Waals surface area contributed by atoms with Crippen LogP contribution in [0.4, 0.5) is 11.4 Å². The predicted octanol–water partition coefficient (Wildman–Crippen LogP) is 4.19. The highest BCUT2D eigenvalue weighted by atomic mass is 35.5. The quantitative estimate of drug-likeness (QED) is 0.429. The van der Waals surface area contributed by atoms with Gasteiger partial charge in [-0.2, -0.15) is 0 Å². The minimum atomic E-state index is -3.93. The Morgan fingerprint density at radius 2 is 1.76 bits per heavy atom. The molecule has 8 nitrogen and oxygen atoms in total. The fraction of sp³-hybridized carbons (Fsp3) is 0.174. The molecule has 0 bridgehead atoms. The minimum Gasteiger partial charge on any atom is -0.506 e. The third-order valence-corrected chi connectivity index (χ3v) is 7.41. The highest BCUT2D eigenvalue weighted by Crippen LogP contribution is 2.34. The summed E-state index contributed by atoms with van der Waals surface area (Å²) in [5.41, 5.74) is 1.06. The number of phenolic OH excluding ortho intramolecular Hbond substituents is 1. The molecular formula is C23H22ClN3O5S. The number of aromatic nitrogens is 1. The van der Waals surface area contributed by atoms with Gasteiger partial charge in [-0.3, -0.25) is 14.6 Å². The van der Waals surface area contributed by atoms with Gasteiger partial charge in [0.1, 0.15) is 11.0 Å². The number of benzene rings is 2. The summed E-state index contributed by atoms with van der Waals surface area (Å²) in [4.78, 5) is 29.3. The summed E-state index contributed by atoms with van der Waals surface area (Å²) in [5.74, 6) is -1.65. The van der Waals surface area contributed by atoms with Gasteiger partial charge in [-0.1, -0.05) is 36.7 Å². The summed E-state index contributed by atoms with van der Waals surface area (Å²) >= 11 is 6.24. The van der Waals surface area contributed by atoms with Crippen molar-refractivity contribution in [3.8, 4) is 5.75 Å². The van der Waals surface area contributed by atoms with E-state index in [9.17, 15) is 23.1 Å². The Bertz CT molecular complexity index is 1280. The first-order chi connectivity index (χ1) is 15.6. The Morgan fingerprint density at radius 1 is 1.06 bits per heavy atom. The largest absolute Gasteiger partial charge is 0.506 e. The van der Waals surface area contributed by atoms with E-state index in [0.29, 0.717) is 0 Å². The van der Waals surface area contributed by atoms with Gasteiger partial charge < -0.3 is 15.7 Å². The molecule has 172 valence electrons. The second kappa shape index (κ2) is 10.0. The van der Waals surface area contributed by atoms with Crippen molar-refractivity contribution in [2.24, 2.45) is 0 Å². The smallest absolute Gasteiger partial charge is 0.257 e. The topological polar surface area (TPSA) is 125 Å². The molecule has 1 aromatic heterocycles. The van der Waals surface area contributed by atoms with Crippen molar-refractivity contribution in [3.05, 3.63) is 77.1 Å². The molecule has 10 heteroatoms. The third-order valence-electron chi connectivity index (χ3n) is 4.87. The van der Waals surface area contributed by atoms with Crippen LogP contribution < -0.4 is 10.6 Å². The Hall–Kier alpha value is -3.43. The molecule has 3 aromatic rings. The highest BCUT2D eigenvalue weighted by Gasteiger charge is 2.33. The predicted molar refractivity (Wildman–Crippen MR) is 126 cm³/mol. The van der Waals surface area contributed by atoms with Gasteiger partial charge >= 0.3 is 0 Å². The molecule has 0 spiro atoms. The first kappa shape index (κ1) is 24.2. The molecule has 3 rings (SSSR count). The van der Waals surface area contributed by atoms with E-state index in [0.717, 1.165) is 11.8 Å². The van der Waals surface area contributed by atoms with Crippen LogP contribution in [0.3, 0.4) is 0 Å². The maximum Gasteiger partial charge on any atom is 0.257 e. The number of carbonyl (C=O) groups is 2. The number of hydrogen-bond acceptors (Lipinski definition) is 6. The first-order valence-electron chi connectivity index (χ1n) is 9.99. The molecule has 0 fully saturated rings. The van der Waals surface area contributed by atoms with E-state index in [1.165, 1.54) is 24.4 Å². The monoisotopic (exact) mass is 487 g/mol. The van der Waals surface area contributed by atoms with Crippen molar-refractivity contribution in [2.75, 3.05) is 10.6 Å². The van der Waals surface area contributed by atoms with Crippen LogP contribution in [0.15, 0.2) is 65.7 Å². The second-order valence-electron chi connectivity index (χ2n) is 7.24. The number of aromatic hydroxyl groups is 1. The third kappa shape index (κ3) is 5.50. The SMILES string of the molecule is CCC(C(=O)Nc1cc(O)c(NC(=O)c2ccc(C)nc2)cc1Cl)S(=O)(=O)c1ccccc1. The molecule has 33 heavy (non-hydrogen) atoms. The summed E-state index contributed by atoms with van der Waals surface area (Å²) in [6.07, 6.45) is 1.43. The molecule has 0 aliphatic carbocycles. The summed E-state index contributed by atoms with van der Waals surface area (Å²) in [6.45, 7) is 3.37. The maximum absolute atomic E-state index is 12.9. The van der Waals surface area contributed by atoms with Crippen LogP contribution >= 0.6 is 11.6 Å². The van der Waals surface area contributed by atoms with Crippen LogP contribution in [0.1, 0.15) is 29.4 Å². The van der Waals surface area contributed by atoms with Crippen molar-refractivity contribution < 1.29 is 23.1 Å². The van der Waals surface area contributed by atoms with Crippen molar-refractivity contribution >= 4 is 44.6 Å². The lowest BCUT2D eigenvalue weighted by molar-refractivity contribution is -0.115. The zero-order chi connectivity index (χ0) is 24.2. The number of halogens is 1. The molecule has 1 unspecified atom stereocenters. The Labute approximate surface area is 196 Å². The molecule has 0 saturated heterocycles. The van der Waals surface area contributed by atoms with Crippen LogP contribution in [0.25, 0.3) is 0 Å². The summed E-state index contributed by atoms with van der Waals surface area (Å²) in [7, 11) is -3.93. The average Bonchev–Trinajstić information content (AvgIpc) is 2.78. The maximum atomic E-state index is 12.9. The number of pyridine rings is 1. The number of anilines is 2. The van der Waals surface area contributed by atoms with E-state index in [-0.39, 0.29) is 39.0 Å². The van der Waals surface area contributed by atoms with Gasteiger partial charge in [-0.25, -0.2) is 8.42 Å². The fourth-order valence-electron chi connectivity index (χ4n) is 3.09. The molecule has 0 saturated carbocycles. The van der Waals surface area contributed by atoms with Crippen molar-refractivity contribution in [1.29, 1.82) is 0 Å². The Morgan fingerprint density at radius 3 is 2.36 bits per heavy atom. The summed E-state index contributed by atoms with van der Waals surface area (Å²) < 4.78 is 25.8. The molecular weight excluding hydrogens is 466 g/mol. The van der Waals surface area contributed by atoms with Crippen LogP contribution in [-0.2, 0) is 14.6 Å². The number of rotatable bonds is 7. The fourth-order valence-corrected chi connectivity index (χ4v) is 4.94. The van der Waals surface area contributed by atoms with Crippen molar-refractivity contribution in [3.63, 3.8) is 0 Å². The van der Waals surface area contributed by atoms with Gasteiger partial charge in [0.25, 0.3) is 5.91 Å². The van der Waals surface area contributed by atoms with Crippen LogP contribution in [0.2, 0.25) is 5.02 Å². The number of nitrogens with zero attached hydrogens (tertiary/aromatic N) is 1. The van der Waals surface area contributed by atoms with Gasteiger partial charge in [-0.05, 0) is 43.7 Å². The van der Waals surface area contributed by atoms with Crippen molar-refractivity contribution in [2.45, 2.75) is 30.4 Å². The molecule has 1 atom stereocenters. The van der Waals surface area contributed by atoms with Crippen LogP contribution in [0.5, 0.6) is 5.75 Å². The number of nitrogens with one attached hydrogen (secondary N) is 2. The number of amides is 2. The van der Waals surface area contributed by atoms with Crippen molar-refractivity contribution in [1.82, 2.24) is 4.98 Å². The molecule has 2 amide bonds. The molecule has 3 N–H and O–H groups in total. The van der Waals surface area contributed by atoms with E-state index in [2.05, 4.69) is 15.6 Å². The normalized spacial score (nSPS) is 12.1. The van der Waals surface area contributed by atoms with E-state index < -0.39 is 26.9 Å². The van der Waals surface area contributed by atoms with E-state index in [1.54, 1.807) is 44.2 Å². The lowest BCUT2D eigenvalue weighted by atomic mass is 10.2. The second-order valence-corrected chi connectivity index (χ2v) is 9.77. The first-order valence-corrected chi connectivity index (χ1v) is 11.9. The number of phenols is 1. The van der Waals surface area contributed by atoms with Gasteiger partial charge in [0, 0.05) is 18.0 Å². The average molecular weight is 488 g/mol. The molecule has 0 radical (unpaired) electrons. The van der Waals surface area contributed by atoms with Gasteiger partial charge in [0.05, 0.1) is 26.9 Å². The van der Waals surface area contributed by atoms with Gasteiger partial charge in [-0.15, -0.1) is 0 Å². The zero-order valence-corrected chi connectivity index (χ0v) is 19.4. The molecule has 1 heterocycles. The van der Waals surface area contributed by atoms with Gasteiger partial charge in [0.15, 0.2) is 9.84 Å². The Kier molecular flexibility index (Phi) is 7.35. The lowest BCUT2D eigenvalue weighted by Crippen LogP contribution is -2.34. The van der Waals surface area contributed by atoms with E-state index in [4.69, 9.17) is 11.6 Å². The van der Waals surface area contributed by atoms with E-state index in [1.807, 2.05) is 0 Å². The van der Waals surface area contributed by atoms with Gasteiger partial charge in [0.2, 0.25) is 5.91 Å². The van der Waals surface area contributed by atoms with E-state index >= 15 is 0 Å².